The Balaban J connectivity index is 1.53. The smallest absolute Gasteiger partial charge is 0.271 e. The molecule has 6 nitrogen and oxygen atoms in total. The molecule has 136 valence electrons. The van der Waals surface area contributed by atoms with Crippen LogP contribution in [0, 0.1) is 0 Å². The number of ether oxygens (including phenoxy) is 2. The highest BCUT2D eigenvalue weighted by atomic mass is 16.5. The Morgan fingerprint density at radius 2 is 2.00 bits per heavy atom. The molecule has 1 amide bonds. The first-order valence-corrected chi connectivity index (χ1v) is 8.61. The maximum atomic E-state index is 12.2. The van der Waals surface area contributed by atoms with Crippen molar-refractivity contribution >= 4 is 12.1 Å². The van der Waals surface area contributed by atoms with Crippen LogP contribution in [0.15, 0.2) is 53.6 Å². The van der Waals surface area contributed by atoms with E-state index < -0.39 is 0 Å². The number of amides is 1. The fourth-order valence-corrected chi connectivity index (χ4v) is 2.73. The van der Waals surface area contributed by atoms with Crippen LogP contribution in [0.3, 0.4) is 0 Å². The normalized spacial score (nSPS) is 15.1. The van der Waals surface area contributed by atoms with Crippen molar-refractivity contribution in [3.05, 3.63) is 65.2 Å². The lowest BCUT2D eigenvalue weighted by Crippen LogP contribution is -2.35. The molecule has 0 aromatic heterocycles. The summed E-state index contributed by atoms with van der Waals surface area (Å²) in [5.41, 5.74) is 5.17. The highest BCUT2D eigenvalue weighted by molar-refractivity contribution is 5.94. The molecule has 0 unspecified atom stereocenters. The lowest BCUT2D eigenvalue weighted by Gasteiger charge is -2.26. The van der Waals surface area contributed by atoms with Crippen LogP contribution < -0.4 is 10.2 Å². The van der Waals surface area contributed by atoms with Gasteiger partial charge in [0.2, 0.25) is 0 Å². The molecule has 1 aliphatic rings. The maximum absolute atomic E-state index is 12.2. The molecule has 3 rings (SSSR count). The van der Waals surface area contributed by atoms with Crippen molar-refractivity contribution in [3.8, 4) is 5.75 Å². The van der Waals surface area contributed by atoms with Gasteiger partial charge in [-0.2, -0.15) is 5.10 Å². The third kappa shape index (κ3) is 5.15. The molecular weight excluding hydrogens is 330 g/mol. The number of morpholine rings is 1. The van der Waals surface area contributed by atoms with Gasteiger partial charge in [-0.15, -0.1) is 0 Å². The molecule has 1 heterocycles. The molecule has 1 fully saturated rings. The standard InChI is InChI=1S/C20H23N3O3/c1-25-19-4-2-3-17(13-19)14-21-22-20(24)18-7-5-16(6-8-18)15-23-9-11-26-12-10-23/h2-8,13-14H,9-12,15H2,1H3,(H,22,24)/b21-14+. The first-order chi connectivity index (χ1) is 12.7. The number of nitrogens with zero attached hydrogens (tertiary/aromatic N) is 2. The number of rotatable bonds is 6. The molecule has 2 aromatic rings. The van der Waals surface area contributed by atoms with Crippen LogP contribution in [0.4, 0.5) is 0 Å². The number of carbonyl (C=O) groups excluding carboxylic acids is 1. The quantitative estimate of drug-likeness (QED) is 0.639. The van der Waals surface area contributed by atoms with Crippen molar-refractivity contribution < 1.29 is 14.3 Å². The summed E-state index contributed by atoms with van der Waals surface area (Å²) in [6.45, 7) is 4.33. The summed E-state index contributed by atoms with van der Waals surface area (Å²) in [6.07, 6.45) is 1.59. The largest absolute Gasteiger partial charge is 0.497 e. The van der Waals surface area contributed by atoms with E-state index in [1.54, 1.807) is 13.3 Å². The van der Waals surface area contributed by atoms with E-state index in [0.29, 0.717) is 5.56 Å². The number of hydrogen-bond donors (Lipinski definition) is 1. The van der Waals surface area contributed by atoms with Crippen LogP contribution in [-0.2, 0) is 11.3 Å². The van der Waals surface area contributed by atoms with Crippen molar-refractivity contribution in [2.75, 3.05) is 33.4 Å². The van der Waals surface area contributed by atoms with Crippen LogP contribution in [0.1, 0.15) is 21.5 Å². The van der Waals surface area contributed by atoms with Crippen LogP contribution in [-0.4, -0.2) is 50.4 Å². The van der Waals surface area contributed by atoms with Gasteiger partial charge in [0.15, 0.2) is 0 Å². The summed E-state index contributed by atoms with van der Waals surface area (Å²) < 4.78 is 10.5. The number of benzene rings is 2. The van der Waals surface area contributed by atoms with E-state index in [-0.39, 0.29) is 5.91 Å². The highest BCUT2D eigenvalue weighted by Gasteiger charge is 2.11. The van der Waals surface area contributed by atoms with Gasteiger partial charge >= 0.3 is 0 Å². The highest BCUT2D eigenvalue weighted by Crippen LogP contribution is 2.11. The third-order valence-corrected chi connectivity index (χ3v) is 4.20. The molecule has 0 saturated carbocycles. The van der Waals surface area contributed by atoms with Crippen LogP contribution in [0.2, 0.25) is 0 Å². The summed E-state index contributed by atoms with van der Waals surface area (Å²) in [5, 5.41) is 4.01. The van der Waals surface area contributed by atoms with Crippen molar-refractivity contribution in [2.45, 2.75) is 6.54 Å². The van der Waals surface area contributed by atoms with E-state index >= 15 is 0 Å². The van der Waals surface area contributed by atoms with Crippen molar-refractivity contribution in [2.24, 2.45) is 5.10 Å². The molecule has 0 bridgehead atoms. The van der Waals surface area contributed by atoms with Gasteiger partial charge in [-0.1, -0.05) is 24.3 Å². The molecule has 6 heteroatoms. The number of carbonyl (C=O) groups is 1. The Morgan fingerprint density at radius 1 is 1.23 bits per heavy atom. The van der Waals surface area contributed by atoms with E-state index in [1.807, 2.05) is 48.5 Å². The first kappa shape index (κ1) is 18.1. The lowest BCUT2D eigenvalue weighted by molar-refractivity contribution is 0.0342. The predicted molar refractivity (Wildman–Crippen MR) is 101 cm³/mol. The molecule has 1 N–H and O–H groups in total. The molecule has 2 aromatic carbocycles. The zero-order valence-electron chi connectivity index (χ0n) is 14.9. The number of hydrogen-bond acceptors (Lipinski definition) is 5. The Hall–Kier alpha value is -2.70. The molecule has 26 heavy (non-hydrogen) atoms. The van der Waals surface area contributed by atoms with E-state index in [2.05, 4.69) is 15.4 Å². The zero-order chi connectivity index (χ0) is 18.2. The number of methoxy groups -OCH3 is 1. The fraction of sp³-hybridized carbons (Fsp3) is 0.300. The van der Waals surface area contributed by atoms with E-state index in [9.17, 15) is 4.79 Å². The Labute approximate surface area is 153 Å². The van der Waals surface area contributed by atoms with E-state index in [1.165, 1.54) is 5.56 Å². The summed E-state index contributed by atoms with van der Waals surface area (Å²) >= 11 is 0. The summed E-state index contributed by atoms with van der Waals surface area (Å²) in [6, 6.07) is 15.1. The summed E-state index contributed by atoms with van der Waals surface area (Å²) in [7, 11) is 1.61. The minimum Gasteiger partial charge on any atom is -0.497 e. The minimum atomic E-state index is -0.234. The molecule has 1 aliphatic heterocycles. The maximum Gasteiger partial charge on any atom is 0.271 e. The molecule has 1 saturated heterocycles. The molecule has 0 radical (unpaired) electrons. The van der Waals surface area contributed by atoms with Crippen LogP contribution >= 0.6 is 0 Å². The summed E-state index contributed by atoms with van der Waals surface area (Å²) in [4.78, 5) is 14.5. The fourth-order valence-electron chi connectivity index (χ4n) is 2.73. The topological polar surface area (TPSA) is 63.2 Å². The average molecular weight is 353 g/mol. The van der Waals surface area contributed by atoms with Gasteiger partial charge in [-0.25, -0.2) is 5.43 Å². The van der Waals surface area contributed by atoms with Crippen molar-refractivity contribution in [1.29, 1.82) is 0 Å². The molecule has 0 atom stereocenters. The Kier molecular flexibility index (Phi) is 6.35. The van der Waals surface area contributed by atoms with E-state index in [4.69, 9.17) is 9.47 Å². The second-order valence-corrected chi connectivity index (χ2v) is 6.06. The van der Waals surface area contributed by atoms with Gasteiger partial charge < -0.3 is 9.47 Å². The van der Waals surface area contributed by atoms with Crippen LogP contribution in [0.25, 0.3) is 0 Å². The van der Waals surface area contributed by atoms with Crippen LogP contribution in [0.5, 0.6) is 5.75 Å². The Bertz CT molecular complexity index is 753. The Morgan fingerprint density at radius 3 is 2.73 bits per heavy atom. The summed E-state index contributed by atoms with van der Waals surface area (Å²) in [5.74, 6) is 0.512. The molecule has 0 spiro atoms. The zero-order valence-corrected chi connectivity index (χ0v) is 14.9. The molecule has 0 aliphatic carbocycles. The van der Waals surface area contributed by atoms with Gasteiger partial charge in [0.1, 0.15) is 5.75 Å². The SMILES string of the molecule is COc1cccc(/C=N/NC(=O)c2ccc(CN3CCOCC3)cc2)c1. The number of hydrazone groups is 1. The van der Waals surface area contributed by atoms with Gasteiger partial charge in [0.05, 0.1) is 26.5 Å². The number of nitrogens with one attached hydrogen (secondary N) is 1. The third-order valence-electron chi connectivity index (χ3n) is 4.20. The van der Waals surface area contributed by atoms with Crippen molar-refractivity contribution in [3.63, 3.8) is 0 Å². The van der Waals surface area contributed by atoms with Gasteiger partial charge in [-0.3, -0.25) is 9.69 Å². The first-order valence-electron chi connectivity index (χ1n) is 8.61. The van der Waals surface area contributed by atoms with Gasteiger partial charge in [-0.05, 0) is 35.4 Å². The second kappa shape index (κ2) is 9.12. The van der Waals surface area contributed by atoms with Gasteiger partial charge in [0.25, 0.3) is 5.91 Å². The minimum absolute atomic E-state index is 0.234. The second-order valence-electron chi connectivity index (χ2n) is 6.06. The molecular formula is C20H23N3O3. The lowest BCUT2D eigenvalue weighted by atomic mass is 10.1. The predicted octanol–water partition coefficient (Wildman–Crippen LogP) is 2.29. The average Bonchev–Trinajstić information content (AvgIpc) is 2.69. The van der Waals surface area contributed by atoms with E-state index in [0.717, 1.165) is 44.2 Å². The van der Waals surface area contributed by atoms with Gasteiger partial charge in [0, 0.05) is 25.2 Å². The monoisotopic (exact) mass is 353 g/mol. The van der Waals surface area contributed by atoms with Crippen molar-refractivity contribution in [1.82, 2.24) is 10.3 Å².